The lowest BCUT2D eigenvalue weighted by Crippen LogP contribution is -2.24. The number of nitrogens with zero attached hydrogens (tertiary/aromatic N) is 1. The van der Waals surface area contributed by atoms with Gasteiger partial charge >= 0.3 is 6.18 Å². The minimum atomic E-state index is -4.32. The first kappa shape index (κ1) is 13.1. The van der Waals surface area contributed by atoms with Crippen LogP contribution in [0.5, 0.6) is 0 Å². The molecular weight excluding hydrogens is 243 g/mol. The molecule has 0 amide bonds. The van der Waals surface area contributed by atoms with E-state index in [4.69, 9.17) is 0 Å². The molecule has 1 atom stereocenters. The Balaban J connectivity index is 1.79. The maximum absolute atomic E-state index is 12.3. The summed E-state index contributed by atoms with van der Waals surface area (Å²) < 4.78 is 36.9. The molecule has 1 aliphatic heterocycles. The van der Waals surface area contributed by atoms with Crippen LogP contribution in [0.2, 0.25) is 0 Å². The number of alkyl halides is 3. The van der Waals surface area contributed by atoms with E-state index in [9.17, 15) is 13.2 Å². The highest BCUT2D eigenvalue weighted by Gasteiger charge is 2.30. The molecule has 0 aliphatic carbocycles. The number of hydrogen-bond acceptors (Lipinski definition) is 3. The van der Waals surface area contributed by atoms with E-state index in [-0.39, 0.29) is 0 Å². The van der Waals surface area contributed by atoms with Gasteiger partial charge in [0.15, 0.2) is 0 Å². The summed E-state index contributed by atoms with van der Waals surface area (Å²) in [5, 5.41) is 6.39. The summed E-state index contributed by atoms with van der Waals surface area (Å²) in [6.45, 7) is 1.78. The number of pyridine rings is 1. The highest BCUT2D eigenvalue weighted by molar-refractivity contribution is 5.36. The Morgan fingerprint density at radius 1 is 1.39 bits per heavy atom. The van der Waals surface area contributed by atoms with Crippen molar-refractivity contribution >= 4 is 5.82 Å². The van der Waals surface area contributed by atoms with Gasteiger partial charge < -0.3 is 10.6 Å². The van der Waals surface area contributed by atoms with Crippen molar-refractivity contribution in [1.29, 1.82) is 0 Å². The highest BCUT2D eigenvalue weighted by atomic mass is 19.4. The molecule has 0 bridgehead atoms. The van der Waals surface area contributed by atoms with Gasteiger partial charge in [-0.25, -0.2) is 4.98 Å². The van der Waals surface area contributed by atoms with E-state index in [0.717, 1.165) is 31.8 Å². The number of anilines is 1. The molecule has 1 aromatic rings. The first-order valence-corrected chi connectivity index (χ1v) is 6.06. The van der Waals surface area contributed by atoms with E-state index >= 15 is 0 Å². The van der Waals surface area contributed by atoms with Crippen molar-refractivity contribution in [2.45, 2.75) is 31.5 Å². The van der Waals surface area contributed by atoms with Crippen molar-refractivity contribution in [1.82, 2.24) is 10.3 Å². The topological polar surface area (TPSA) is 37.0 Å². The van der Waals surface area contributed by atoms with Gasteiger partial charge in [0.2, 0.25) is 0 Å². The van der Waals surface area contributed by atoms with Gasteiger partial charge in [0.05, 0.1) is 5.56 Å². The van der Waals surface area contributed by atoms with Crippen molar-refractivity contribution in [3.63, 3.8) is 0 Å². The summed E-state index contributed by atoms with van der Waals surface area (Å²) in [7, 11) is 0. The predicted octanol–water partition coefficient (Wildman–Crippen LogP) is 2.65. The van der Waals surface area contributed by atoms with Gasteiger partial charge in [-0.15, -0.1) is 0 Å². The summed E-state index contributed by atoms with van der Waals surface area (Å²) in [6.07, 6.45) is -0.135. The third kappa shape index (κ3) is 3.60. The lowest BCUT2D eigenvalue weighted by atomic mass is 10.1. The maximum atomic E-state index is 12.3. The number of nitrogens with one attached hydrogen (secondary N) is 2. The van der Waals surface area contributed by atoms with E-state index in [1.54, 1.807) is 0 Å². The standard InChI is InChI=1S/C12H16F3N3/c13-12(14,15)9-3-4-11(18-8-9)17-7-5-10-2-1-6-16-10/h3-4,8,10,16H,1-2,5-7H2,(H,17,18). The van der Waals surface area contributed by atoms with Crippen LogP contribution in [-0.4, -0.2) is 24.1 Å². The molecule has 1 unspecified atom stereocenters. The molecule has 6 heteroatoms. The van der Waals surface area contributed by atoms with Crippen LogP contribution in [0.3, 0.4) is 0 Å². The van der Waals surface area contributed by atoms with Crippen molar-refractivity contribution in [3.05, 3.63) is 23.9 Å². The second kappa shape index (κ2) is 5.56. The molecule has 100 valence electrons. The van der Waals surface area contributed by atoms with Crippen LogP contribution < -0.4 is 10.6 Å². The first-order valence-electron chi connectivity index (χ1n) is 6.06. The summed E-state index contributed by atoms with van der Waals surface area (Å²) in [6, 6.07) is 2.93. The molecule has 1 aromatic heterocycles. The molecule has 1 fully saturated rings. The molecule has 0 radical (unpaired) electrons. The molecule has 0 saturated carbocycles. The van der Waals surface area contributed by atoms with Gasteiger partial charge in [0, 0.05) is 18.8 Å². The lowest BCUT2D eigenvalue weighted by Gasteiger charge is -2.11. The molecule has 2 N–H and O–H groups in total. The molecule has 2 heterocycles. The molecule has 1 aliphatic rings. The van der Waals surface area contributed by atoms with Crippen molar-refractivity contribution in [3.8, 4) is 0 Å². The van der Waals surface area contributed by atoms with Gasteiger partial charge in [-0.3, -0.25) is 0 Å². The van der Waals surface area contributed by atoms with Crippen molar-refractivity contribution in [2.75, 3.05) is 18.4 Å². The van der Waals surface area contributed by atoms with E-state index in [1.165, 1.54) is 18.9 Å². The Kier molecular flexibility index (Phi) is 4.06. The Hall–Kier alpha value is -1.30. The Labute approximate surface area is 104 Å². The number of hydrogen-bond donors (Lipinski definition) is 2. The fraction of sp³-hybridized carbons (Fsp3) is 0.583. The van der Waals surface area contributed by atoms with E-state index < -0.39 is 11.7 Å². The smallest absolute Gasteiger partial charge is 0.370 e. The third-order valence-electron chi connectivity index (χ3n) is 3.05. The van der Waals surface area contributed by atoms with Gasteiger partial charge in [-0.05, 0) is 37.9 Å². The van der Waals surface area contributed by atoms with Gasteiger partial charge in [-0.2, -0.15) is 13.2 Å². The zero-order chi connectivity index (χ0) is 13.0. The van der Waals surface area contributed by atoms with Crippen LogP contribution in [-0.2, 0) is 6.18 Å². The number of halogens is 3. The molecule has 18 heavy (non-hydrogen) atoms. The molecule has 2 rings (SSSR count). The van der Waals surface area contributed by atoms with Gasteiger partial charge in [0.1, 0.15) is 5.82 Å². The van der Waals surface area contributed by atoms with Crippen molar-refractivity contribution in [2.24, 2.45) is 0 Å². The summed E-state index contributed by atoms with van der Waals surface area (Å²) in [5.41, 5.74) is -0.717. The van der Waals surface area contributed by atoms with Crippen LogP contribution >= 0.6 is 0 Å². The molecule has 0 spiro atoms. The van der Waals surface area contributed by atoms with Crippen molar-refractivity contribution < 1.29 is 13.2 Å². The maximum Gasteiger partial charge on any atom is 0.417 e. The second-order valence-electron chi connectivity index (χ2n) is 4.44. The first-order chi connectivity index (χ1) is 8.55. The largest absolute Gasteiger partial charge is 0.417 e. The summed E-state index contributed by atoms with van der Waals surface area (Å²) in [4.78, 5) is 3.76. The van der Waals surface area contributed by atoms with Crippen LogP contribution in [0.15, 0.2) is 18.3 Å². The normalized spacial score (nSPS) is 20.1. The average molecular weight is 259 g/mol. The van der Waals surface area contributed by atoms with Gasteiger partial charge in [-0.1, -0.05) is 0 Å². The lowest BCUT2D eigenvalue weighted by molar-refractivity contribution is -0.137. The zero-order valence-corrected chi connectivity index (χ0v) is 9.93. The fourth-order valence-corrected chi connectivity index (χ4v) is 2.04. The molecule has 0 aromatic carbocycles. The van der Waals surface area contributed by atoms with E-state index in [2.05, 4.69) is 15.6 Å². The summed E-state index contributed by atoms with van der Waals surface area (Å²) >= 11 is 0. The highest BCUT2D eigenvalue weighted by Crippen LogP contribution is 2.28. The van der Waals surface area contributed by atoms with Crippen LogP contribution in [0, 0.1) is 0 Å². The summed E-state index contributed by atoms with van der Waals surface area (Å²) in [5.74, 6) is 0.487. The predicted molar refractivity (Wildman–Crippen MR) is 63.4 cm³/mol. The fourth-order valence-electron chi connectivity index (χ4n) is 2.04. The average Bonchev–Trinajstić information content (AvgIpc) is 2.82. The number of aromatic nitrogens is 1. The van der Waals surface area contributed by atoms with Gasteiger partial charge in [0.25, 0.3) is 0 Å². The van der Waals surface area contributed by atoms with Crippen LogP contribution in [0.1, 0.15) is 24.8 Å². The SMILES string of the molecule is FC(F)(F)c1ccc(NCCC2CCCN2)nc1. The minimum Gasteiger partial charge on any atom is -0.370 e. The monoisotopic (exact) mass is 259 g/mol. The molecule has 3 nitrogen and oxygen atoms in total. The third-order valence-corrected chi connectivity index (χ3v) is 3.05. The van der Waals surface area contributed by atoms with Crippen LogP contribution in [0.4, 0.5) is 19.0 Å². The Bertz CT molecular complexity index is 369. The van der Waals surface area contributed by atoms with Crippen LogP contribution in [0.25, 0.3) is 0 Å². The molecular formula is C12H16F3N3. The zero-order valence-electron chi connectivity index (χ0n) is 9.93. The minimum absolute atomic E-state index is 0.487. The van der Waals surface area contributed by atoms with E-state index in [0.29, 0.717) is 11.9 Å². The Morgan fingerprint density at radius 2 is 2.22 bits per heavy atom. The number of rotatable bonds is 4. The quantitative estimate of drug-likeness (QED) is 0.872. The van der Waals surface area contributed by atoms with E-state index in [1.807, 2.05) is 0 Å². The Morgan fingerprint density at radius 3 is 2.78 bits per heavy atom. The second-order valence-corrected chi connectivity index (χ2v) is 4.44. The molecule has 1 saturated heterocycles.